The van der Waals surface area contributed by atoms with Crippen LogP contribution in [0.25, 0.3) is 0 Å². The first-order chi connectivity index (χ1) is 28.5. The van der Waals surface area contributed by atoms with E-state index in [0.717, 1.165) is 11.1 Å². The number of nitrogens with one attached hydrogen (secondary N) is 5. The highest BCUT2D eigenvalue weighted by atomic mass is 32.2. The van der Waals surface area contributed by atoms with Gasteiger partial charge in [-0.05, 0) is 88.3 Å². The number of alkyl carbamates (subject to hydrolysis) is 1. The predicted molar refractivity (Wildman–Crippen MR) is 232 cm³/mol. The zero-order valence-corrected chi connectivity index (χ0v) is 36.7. The van der Waals surface area contributed by atoms with Crippen molar-refractivity contribution in [1.82, 2.24) is 31.5 Å². The summed E-state index contributed by atoms with van der Waals surface area (Å²) in [6.07, 6.45) is 4.17. The quantitative estimate of drug-likeness (QED) is 0.0903. The molecule has 3 rings (SSSR count). The molecule has 1 fully saturated rings. The van der Waals surface area contributed by atoms with E-state index in [2.05, 4.69) is 26.6 Å². The van der Waals surface area contributed by atoms with E-state index in [0.29, 0.717) is 44.4 Å². The van der Waals surface area contributed by atoms with Gasteiger partial charge in [0.15, 0.2) is 0 Å². The van der Waals surface area contributed by atoms with Gasteiger partial charge in [-0.1, -0.05) is 74.5 Å². The Balaban J connectivity index is 1.78. The van der Waals surface area contributed by atoms with Crippen LogP contribution >= 0.6 is 11.8 Å². The van der Waals surface area contributed by atoms with E-state index in [9.17, 15) is 33.6 Å². The van der Waals surface area contributed by atoms with Gasteiger partial charge in [0, 0.05) is 32.4 Å². The summed E-state index contributed by atoms with van der Waals surface area (Å²) < 4.78 is 5.25. The first kappa shape index (κ1) is 49.2. The fourth-order valence-corrected chi connectivity index (χ4v) is 7.30. The van der Waals surface area contributed by atoms with E-state index in [1.54, 1.807) is 20.8 Å². The molecule has 0 bridgehead atoms. The van der Waals surface area contributed by atoms with Crippen LogP contribution in [0.3, 0.4) is 0 Å². The van der Waals surface area contributed by atoms with Crippen molar-refractivity contribution in [3.05, 3.63) is 71.8 Å². The average Bonchev–Trinajstić information content (AvgIpc) is 3.68. The largest absolute Gasteiger partial charge is 0.444 e. The normalized spacial score (nSPS) is 15.8. The minimum Gasteiger partial charge on any atom is -0.444 e. The molecule has 2 aromatic rings. The molecule has 1 saturated heterocycles. The summed E-state index contributed by atoms with van der Waals surface area (Å²) in [5, 5.41) is 14.0. The van der Waals surface area contributed by atoms with Crippen LogP contribution in [0.1, 0.15) is 90.7 Å². The summed E-state index contributed by atoms with van der Waals surface area (Å²) in [5.74, 6) is -2.49. The Labute approximate surface area is 358 Å². The minimum atomic E-state index is -1.09. The van der Waals surface area contributed by atoms with Gasteiger partial charge in [-0.2, -0.15) is 11.8 Å². The number of carbonyl (C=O) groups is 7. The zero-order valence-electron chi connectivity index (χ0n) is 35.9. The van der Waals surface area contributed by atoms with Crippen molar-refractivity contribution in [3.8, 4) is 0 Å². The van der Waals surface area contributed by atoms with E-state index in [1.807, 2.05) is 80.8 Å². The molecule has 2 aromatic carbocycles. The predicted octanol–water partition coefficient (Wildman–Crippen LogP) is 3.38. The monoisotopic (exact) mass is 851 g/mol. The van der Waals surface area contributed by atoms with Crippen molar-refractivity contribution < 1.29 is 38.3 Å². The van der Waals surface area contributed by atoms with Gasteiger partial charge in [-0.15, -0.1) is 0 Å². The second kappa shape index (κ2) is 24.8. The third-order valence-corrected chi connectivity index (χ3v) is 10.4. The summed E-state index contributed by atoms with van der Waals surface area (Å²) >= 11 is 1.52. The Morgan fingerprint density at radius 2 is 1.38 bits per heavy atom. The number of rotatable bonds is 23. The topological polar surface area (TPSA) is 218 Å². The van der Waals surface area contributed by atoms with Crippen LogP contribution in [0.2, 0.25) is 0 Å². The molecule has 330 valence electrons. The van der Waals surface area contributed by atoms with Crippen LogP contribution in [0.15, 0.2) is 60.7 Å². The number of likely N-dealkylation sites (tertiary alicyclic amines) is 1. The van der Waals surface area contributed by atoms with Crippen molar-refractivity contribution in [2.24, 2.45) is 11.7 Å². The molecular formula is C44H65N7O8S. The third kappa shape index (κ3) is 17.6. The van der Waals surface area contributed by atoms with E-state index in [1.165, 1.54) is 16.7 Å². The molecule has 0 radical (unpaired) electrons. The number of primary amides is 1. The second-order valence-electron chi connectivity index (χ2n) is 16.6. The number of nitrogens with zero attached hydrogens (tertiary/aromatic N) is 1. The first-order valence-electron chi connectivity index (χ1n) is 20.8. The molecule has 60 heavy (non-hydrogen) atoms. The number of hydrogen-bond acceptors (Lipinski definition) is 9. The van der Waals surface area contributed by atoms with Gasteiger partial charge in [0.2, 0.25) is 35.4 Å². The fourth-order valence-electron chi connectivity index (χ4n) is 6.83. The number of amides is 7. The summed E-state index contributed by atoms with van der Waals surface area (Å²) in [5.41, 5.74) is 6.52. The van der Waals surface area contributed by atoms with Gasteiger partial charge < -0.3 is 42.0 Å². The molecule has 16 heteroatoms. The van der Waals surface area contributed by atoms with Gasteiger partial charge in [-0.3, -0.25) is 28.8 Å². The van der Waals surface area contributed by atoms with Crippen LogP contribution in [-0.4, -0.2) is 107 Å². The van der Waals surface area contributed by atoms with Crippen LogP contribution in [0.4, 0.5) is 4.79 Å². The summed E-state index contributed by atoms with van der Waals surface area (Å²) in [7, 11) is 0. The number of hydrogen-bond donors (Lipinski definition) is 6. The molecule has 0 spiro atoms. The Kier molecular flexibility index (Phi) is 20.4. The van der Waals surface area contributed by atoms with Crippen LogP contribution in [-0.2, 0) is 46.3 Å². The van der Waals surface area contributed by atoms with Crippen molar-refractivity contribution >= 4 is 53.3 Å². The highest BCUT2D eigenvalue weighted by molar-refractivity contribution is 7.98. The maximum absolute atomic E-state index is 14.5. The maximum Gasteiger partial charge on any atom is 0.407 e. The lowest BCUT2D eigenvalue weighted by molar-refractivity contribution is -0.142. The molecule has 5 atom stereocenters. The number of thioether (sulfide) groups is 1. The number of nitrogens with two attached hydrogens (primary N) is 1. The molecule has 1 aliphatic rings. The molecule has 7 N–H and O–H groups in total. The first-order valence-corrected chi connectivity index (χ1v) is 22.2. The fraction of sp³-hybridized carbons (Fsp3) is 0.568. The molecule has 1 aliphatic heterocycles. The minimum absolute atomic E-state index is 0.0107. The van der Waals surface area contributed by atoms with Crippen LogP contribution < -0.4 is 32.3 Å². The molecule has 0 saturated carbocycles. The molecule has 1 heterocycles. The van der Waals surface area contributed by atoms with Gasteiger partial charge in [0.25, 0.3) is 0 Å². The van der Waals surface area contributed by atoms with E-state index >= 15 is 0 Å². The lowest BCUT2D eigenvalue weighted by Crippen LogP contribution is -2.59. The number of carbonyl (C=O) groups excluding carboxylic acids is 7. The third-order valence-electron chi connectivity index (χ3n) is 9.78. The van der Waals surface area contributed by atoms with E-state index in [-0.39, 0.29) is 44.1 Å². The summed E-state index contributed by atoms with van der Waals surface area (Å²) in [6.45, 7) is 9.71. The van der Waals surface area contributed by atoms with Crippen molar-refractivity contribution in [2.45, 2.75) is 128 Å². The molecule has 0 unspecified atom stereocenters. The molecule has 0 aliphatic carbocycles. The van der Waals surface area contributed by atoms with Crippen molar-refractivity contribution in [1.29, 1.82) is 0 Å². The highest BCUT2D eigenvalue weighted by Gasteiger charge is 2.40. The lowest BCUT2D eigenvalue weighted by Gasteiger charge is -2.31. The Morgan fingerprint density at radius 3 is 1.95 bits per heavy atom. The SMILES string of the molecule is CSCC[C@H](NC(=O)[C@H](CC(C)C)NC(=O)[C@@H]1CCCN1C(=O)[C@H](Cc1ccccc1)NC(=O)[C@H](Cc1ccccc1)NC(=O)CCCCNC(=O)OC(C)(C)C)C(N)=O. The van der Waals surface area contributed by atoms with Gasteiger partial charge in [0.05, 0.1) is 0 Å². The molecule has 0 aromatic heterocycles. The summed E-state index contributed by atoms with van der Waals surface area (Å²) in [6, 6.07) is 13.5. The number of ether oxygens (including phenoxy) is 1. The average molecular weight is 852 g/mol. The van der Waals surface area contributed by atoms with Crippen LogP contribution in [0.5, 0.6) is 0 Å². The van der Waals surface area contributed by atoms with E-state index in [4.69, 9.17) is 10.5 Å². The Hall–Kier alpha value is -5.12. The van der Waals surface area contributed by atoms with Crippen molar-refractivity contribution in [3.63, 3.8) is 0 Å². The lowest BCUT2D eigenvalue weighted by atomic mass is 10.0. The zero-order chi connectivity index (χ0) is 44.2. The second-order valence-corrected chi connectivity index (χ2v) is 17.6. The number of benzene rings is 2. The molecule has 7 amide bonds. The summed E-state index contributed by atoms with van der Waals surface area (Å²) in [4.78, 5) is 94.9. The van der Waals surface area contributed by atoms with Gasteiger partial charge >= 0.3 is 6.09 Å². The molecular weight excluding hydrogens is 787 g/mol. The highest BCUT2D eigenvalue weighted by Crippen LogP contribution is 2.21. The Bertz CT molecular complexity index is 1720. The molecule has 15 nitrogen and oxygen atoms in total. The van der Waals surface area contributed by atoms with E-state index < -0.39 is 71.4 Å². The van der Waals surface area contributed by atoms with Gasteiger partial charge in [0.1, 0.15) is 35.8 Å². The number of unbranched alkanes of at least 4 members (excludes halogenated alkanes) is 1. The smallest absolute Gasteiger partial charge is 0.407 e. The van der Waals surface area contributed by atoms with Crippen molar-refractivity contribution in [2.75, 3.05) is 25.1 Å². The van der Waals surface area contributed by atoms with Gasteiger partial charge in [-0.25, -0.2) is 4.79 Å². The standard InChI is InChI=1S/C44H65N7O8S/c1-29(2)26-33(39(54)48-32(38(45)53)22-25-60-6)49-41(56)36-20-15-24-51(36)42(57)35(28-31-18-11-8-12-19-31)50-40(55)34(27-30-16-9-7-10-17-30)47-37(52)21-13-14-23-46-43(58)59-44(3,4)5/h7-12,16-19,29,32-36H,13-15,20-28H2,1-6H3,(H2,45,53)(H,46,58)(H,47,52)(H,48,54)(H,49,56)(H,50,55)/t32-,33-,34-,35-,36-/m0/s1. The Morgan fingerprint density at radius 1 is 0.800 bits per heavy atom. The maximum atomic E-state index is 14.5. The van der Waals surface area contributed by atoms with Crippen LogP contribution in [0, 0.1) is 5.92 Å².